The first kappa shape index (κ1) is 20.9. The van der Waals surface area contributed by atoms with Gasteiger partial charge in [-0.3, -0.25) is 0 Å². The molecule has 4 N–H and O–H groups in total. The van der Waals surface area contributed by atoms with Gasteiger partial charge in [0.25, 0.3) is 0 Å². The van der Waals surface area contributed by atoms with E-state index in [0.29, 0.717) is 0 Å². The highest BCUT2D eigenvalue weighted by atomic mass is 16.5. The predicted molar refractivity (Wildman–Crippen MR) is 113 cm³/mol. The molecule has 10 nitrogen and oxygen atoms in total. The maximum atomic E-state index is 12.6. The van der Waals surface area contributed by atoms with Crippen molar-refractivity contribution in [2.45, 2.75) is 13.8 Å². The van der Waals surface area contributed by atoms with E-state index < -0.39 is 45.7 Å². The number of ether oxygens (including phenoxy) is 2. The first-order chi connectivity index (χ1) is 15.1. The lowest BCUT2D eigenvalue weighted by Crippen LogP contribution is -2.05. The van der Waals surface area contributed by atoms with E-state index in [2.05, 4.69) is 0 Å². The van der Waals surface area contributed by atoms with Crippen molar-refractivity contribution in [3.8, 4) is 45.6 Å². The summed E-state index contributed by atoms with van der Waals surface area (Å²) in [6, 6.07) is 2.74. The fourth-order valence-corrected chi connectivity index (χ4v) is 3.89. The number of aromatic hydroxyl groups is 4. The summed E-state index contributed by atoms with van der Waals surface area (Å²) in [5.74, 6) is -3.19. The van der Waals surface area contributed by atoms with Crippen LogP contribution in [0.5, 0.6) is 34.5 Å². The summed E-state index contributed by atoms with van der Waals surface area (Å²) in [5.41, 5.74) is -2.14. The van der Waals surface area contributed by atoms with E-state index in [0.717, 1.165) is 14.2 Å². The summed E-state index contributed by atoms with van der Waals surface area (Å²) in [6.45, 7) is 2.97. The zero-order chi connectivity index (χ0) is 23.5. The molecule has 0 amide bonds. The monoisotopic (exact) mass is 442 g/mol. The molecule has 0 aliphatic carbocycles. The van der Waals surface area contributed by atoms with Crippen molar-refractivity contribution < 1.29 is 38.7 Å². The molecule has 0 fully saturated rings. The maximum absolute atomic E-state index is 12.6. The third-order valence-corrected chi connectivity index (χ3v) is 5.15. The van der Waals surface area contributed by atoms with Gasteiger partial charge in [0, 0.05) is 21.9 Å². The third kappa shape index (κ3) is 2.73. The number of fused-ring (bicyclic) bond motifs is 2. The molecule has 0 aliphatic rings. The summed E-state index contributed by atoms with van der Waals surface area (Å²) in [6.07, 6.45) is 0. The van der Waals surface area contributed by atoms with Crippen LogP contribution in [0.1, 0.15) is 11.5 Å². The van der Waals surface area contributed by atoms with Crippen LogP contribution in [0.25, 0.3) is 32.7 Å². The van der Waals surface area contributed by atoms with Crippen LogP contribution < -0.4 is 20.7 Å². The Labute approximate surface area is 179 Å². The molecule has 0 radical (unpaired) electrons. The van der Waals surface area contributed by atoms with Crippen molar-refractivity contribution in [1.82, 2.24) is 0 Å². The zero-order valence-corrected chi connectivity index (χ0v) is 17.4. The Balaban J connectivity index is 2.41. The largest absolute Gasteiger partial charge is 0.504 e. The quantitative estimate of drug-likeness (QED) is 0.371. The van der Waals surface area contributed by atoms with E-state index in [4.69, 9.17) is 18.3 Å². The van der Waals surface area contributed by atoms with Gasteiger partial charge in [-0.2, -0.15) is 0 Å². The number of methoxy groups -OCH3 is 2. The van der Waals surface area contributed by atoms with Gasteiger partial charge < -0.3 is 38.7 Å². The van der Waals surface area contributed by atoms with Crippen LogP contribution in [0, 0.1) is 13.8 Å². The molecule has 166 valence electrons. The lowest BCUT2D eigenvalue weighted by molar-refractivity contribution is 0.344. The highest BCUT2D eigenvalue weighted by Gasteiger charge is 2.30. The van der Waals surface area contributed by atoms with Crippen molar-refractivity contribution in [1.29, 1.82) is 0 Å². The fourth-order valence-electron chi connectivity index (χ4n) is 3.89. The highest BCUT2D eigenvalue weighted by molar-refractivity contribution is 6.14. The smallest absolute Gasteiger partial charge is 0.347 e. The molecule has 0 saturated heterocycles. The first-order valence-corrected chi connectivity index (χ1v) is 9.25. The summed E-state index contributed by atoms with van der Waals surface area (Å²) in [7, 11) is 2.32. The van der Waals surface area contributed by atoms with Crippen molar-refractivity contribution in [2.75, 3.05) is 14.2 Å². The number of rotatable bonds is 3. The van der Waals surface area contributed by atoms with Gasteiger partial charge in [-0.1, -0.05) is 0 Å². The van der Waals surface area contributed by atoms with Crippen molar-refractivity contribution >= 4 is 21.5 Å². The number of aryl methyl sites for hydroxylation is 2. The Morgan fingerprint density at radius 2 is 1.00 bits per heavy atom. The lowest BCUT2D eigenvalue weighted by atomic mass is 9.91. The minimum atomic E-state index is -0.915. The van der Waals surface area contributed by atoms with E-state index in [1.165, 1.54) is 26.0 Å². The van der Waals surface area contributed by atoms with Crippen molar-refractivity contribution in [3.05, 3.63) is 44.5 Å². The van der Waals surface area contributed by atoms with Crippen LogP contribution in [0.3, 0.4) is 0 Å². The van der Waals surface area contributed by atoms with Gasteiger partial charge in [0.2, 0.25) is 11.5 Å². The molecule has 0 unspecified atom stereocenters. The fraction of sp³-hybridized carbons (Fsp3) is 0.182. The molecule has 2 aromatic carbocycles. The van der Waals surface area contributed by atoms with Crippen molar-refractivity contribution in [3.63, 3.8) is 0 Å². The number of phenolic OH excluding ortho intramolecular Hbond substituents is 4. The Bertz CT molecular complexity index is 1420. The molecule has 0 saturated carbocycles. The van der Waals surface area contributed by atoms with E-state index in [1.54, 1.807) is 0 Å². The van der Waals surface area contributed by atoms with Gasteiger partial charge in [-0.05, 0) is 26.0 Å². The van der Waals surface area contributed by atoms with E-state index in [9.17, 15) is 30.0 Å². The van der Waals surface area contributed by atoms with Crippen LogP contribution >= 0.6 is 0 Å². The summed E-state index contributed by atoms with van der Waals surface area (Å²) < 4.78 is 20.3. The molecule has 2 aromatic heterocycles. The van der Waals surface area contributed by atoms with E-state index >= 15 is 0 Å². The van der Waals surface area contributed by atoms with Crippen LogP contribution in [-0.2, 0) is 0 Å². The second kappa shape index (κ2) is 7.12. The summed E-state index contributed by atoms with van der Waals surface area (Å²) in [5, 5.41) is 42.5. The number of phenols is 4. The van der Waals surface area contributed by atoms with Gasteiger partial charge in [0.1, 0.15) is 22.3 Å². The molecule has 0 spiro atoms. The van der Waals surface area contributed by atoms with Gasteiger partial charge in [-0.25, -0.2) is 9.59 Å². The normalized spacial score (nSPS) is 11.2. The Kier molecular flexibility index (Phi) is 4.65. The first-order valence-electron chi connectivity index (χ1n) is 9.25. The Morgan fingerprint density at radius 3 is 1.31 bits per heavy atom. The van der Waals surface area contributed by atoms with Crippen LogP contribution in [0.2, 0.25) is 0 Å². The molecule has 4 rings (SSSR count). The third-order valence-electron chi connectivity index (χ3n) is 5.15. The lowest BCUT2D eigenvalue weighted by Gasteiger charge is -2.19. The molecular formula is C22H18O10. The molecule has 4 aromatic rings. The van der Waals surface area contributed by atoms with Gasteiger partial charge in [0.05, 0.1) is 14.2 Å². The molecule has 2 heterocycles. The van der Waals surface area contributed by atoms with Gasteiger partial charge >= 0.3 is 11.3 Å². The molecule has 0 atom stereocenters. The second-order valence-corrected chi connectivity index (χ2v) is 7.08. The average molecular weight is 442 g/mol. The van der Waals surface area contributed by atoms with Crippen LogP contribution in [0.15, 0.2) is 30.6 Å². The Hall–Kier alpha value is -4.34. The molecule has 32 heavy (non-hydrogen) atoms. The van der Waals surface area contributed by atoms with Crippen LogP contribution in [-0.4, -0.2) is 34.6 Å². The summed E-state index contributed by atoms with van der Waals surface area (Å²) in [4.78, 5) is 25.1. The Morgan fingerprint density at radius 1 is 0.656 bits per heavy atom. The van der Waals surface area contributed by atoms with Gasteiger partial charge in [-0.15, -0.1) is 0 Å². The van der Waals surface area contributed by atoms with Crippen LogP contribution in [0.4, 0.5) is 0 Å². The molecule has 0 bridgehead atoms. The molecular weight excluding hydrogens is 424 g/mol. The van der Waals surface area contributed by atoms with E-state index in [1.807, 2.05) is 0 Å². The average Bonchev–Trinajstić information content (AvgIpc) is 2.69. The SMILES string of the molecule is COc1c(O)c(-c2c(O)c(OC)c(O)c3c(=O)oc(C)cc23)c2cc(C)oc(=O)c2c1O. The highest BCUT2D eigenvalue weighted by Crippen LogP contribution is 2.56. The maximum Gasteiger partial charge on any atom is 0.347 e. The minimum Gasteiger partial charge on any atom is -0.504 e. The number of benzene rings is 2. The minimum absolute atomic E-state index is 0.00443. The van der Waals surface area contributed by atoms with Gasteiger partial charge in [0.15, 0.2) is 23.0 Å². The standard InChI is InChI=1S/C22H18O10/c1-7-5-9-11(15(23)19(29-3)17(25)13(9)21(27)31-7)12-10-6-8(2)32-22(28)14(10)18(26)20(30-4)16(12)24/h5-6,23-26H,1-4H3. The second-order valence-electron chi connectivity index (χ2n) is 7.08. The van der Waals surface area contributed by atoms with Crippen molar-refractivity contribution in [2.24, 2.45) is 0 Å². The van der Waals surface area contributed by atoms with E-state index in [-0.39, 0.29) is 44.2 Å². The summed E-state index contributed by atoms with van der Waals surface area (Å²) >= 11 is 0. The molecule has 10 heteroatoms. The number of hydrogen-bond donors (Lipinski definition) is 4. The topological polar surface area (TPSA) is 160 Å². The zero-order valence-electron chi connectivity index (χ0n) is 17.4. The molecule has 0 aliphatic heterocycles. The number of hydrogen-bond acceptors (Lipinski definition) is 10. The predicted octanol–water partition coefficient (Wildman–Crippen LogP) is 3.02.